The van der Waals surface area contributed by atoms with E-state index in [0.29, 0.717) is 71.1 Å². The van der Waals surface area contributed by atoms with Crippen molar-refractivity contribution in [2.75, 3.05) is 44.8 Å². The molecule has 0 spiro atoms. The number of nitrogens with two attached hydrogens (primary N) is 1. The summed E-state index contributed by atoms with van der Waals surface area (Å²) in [4.78, 5) is 77.6. The first kappa shape index (κ1) is 57.4. The number of halogens is 4. The smallest absolute Gasteiger partial charge is 0.417 e. The van der Waals surface area contributed by atoms with Crippen molar-refractivity contribution in [3.8, 4) is 5.75 Å². The third kappa shape index (κ3) is 14.1. The molecule has 4 heterocycles. The first-order valence-electron chi connectivity index (χ1n) is 27.0. The summed E-state index contributed by atoms with van der Waals surface area (Å²) in [6.07, 6.45) is 5.11. The number of aliphatic hydroxyl groups is 1. The molecule has 7 atom stereocenters. The zero-order valence-corrected chi connectivity index (χ0v) is 43.9. The van der Waals surface area contributed by atoms with Crippen LogP contribution in [0.15, 0.2) is 61.1 Å². The van der Waals surface area contributed by atoms with E-state index >= 15 is 0 Å². The van der Waals surface area contributed by atoms with E-state index in [1.165, 1.54) is 31.3 Å². The molecule has 1 aromatic carbocycles. The Bertz CT molecular complexity index is 2530. The number of alkyl halides is 3. The number of hydrogen-bond donors (Lipinski definition) is 5. The van der Waals surface area contributed by atoms with E-state index in [9.17, 15) is 46.6 Å². The third-order valence-corrected chi connectivity index (χ3v) is 16.1. The number of nitrogens with zero attached hydrogens (tertiary/aromatic N) is 4. The van der Waals surface area contributed by atoms with Crippen molar-refractivity contribution in [2.45, 2.75) is 158 Å². The van der Waals surface area contributed by atoms with Gasteiger partial charge in [-0.1, -0.05) is 19.1 Å². The molecule has 420 valence electrons. The highest BCUT2D eigenvalue weighted by Gasteiger charge is 2.66. The van der Waals surface area contributed by atoms with Crippen LogP contribution in [0.25, 0.3) is 0 Å². The molecule has 6 N–H and O–H groups in total. The number of amides is 5. The van der Waals surface area contributed by atoms with Crippen LogP contribution in [0.3, 0.4) is 0 Å². The second-order valence-electron chi connectivity index (χ2n) is 21.4. The van der Waals surface area contributed by atoms with Crippen molar-refractivity contribution in [3.05, 3.63) is 83.7 Å². The lowest BCUT2D eigenvalue weighted by Crippen LogP contribution is -2.49. The summed E-state index contributed by atoms with van der Waals surface area (Å²) in [5.41, 5.74) is 3.65. The van der Waals surface area contributed by atoms with E-state index in [1.807, 2.05) is 12.1 Å². The average molecular weight is 1080 g/mol. The Morgan fingerprint density at radius 1 is 0.896 bits per heavy atom. The fraction of sp³-hybridized carbons (Fsp3) is 0.618. The van der Waals surface area contributed by atoms with Crippen LogP contribution in [0.2, 0.25) is 0 Å². The molecule has 5 fully saturated rings. The van der Waals surface area contributed by atoms with E-state index in [4.69, 9.17) is 24.7 Å². The van der Waals surface area contributed by atoms with Crippen molar-refractivity contribution in [3.63, 3.8) is 0 Å². The van der Waals surface area contributed by atoms with Crippen LogP contribution in [0.5, 0.6) is 5.75 Å². The number of likely N-dealkylation sites (tertiary alicyclic amines) is 1. The highest BCUT2D eigenvalue weighted by Crippen LogP contribution is 2.55. The molecular formula is C55H72F4N8O10. The molecule has 0 radical (unpaired) electrons. The van der Waals surface area contributed by atoms with Gasteiger partial charge in [0, 0.05) is 98.8 Å². The molecule has 77 heavy (non-hydrogen) atoms. The average Bonchev–Trinajstić information content (AvgIpc) is 4.18. The number of benzene rings is 1. The van der Waals surface area contributed by atoms with E-state index in [0.717, 1.165) is 55.2 Å². The van der Waals surface area contributed by atoms with Crippen molar-refractivity contribution in [1.29, 1.82) is 0 Å². The summed E-state index contributed by atoms with van der Waals surface area (Å²) in [5, 5.41) is 19.4. The van der Waals surface area contributed by atoms with Crippen LogP contribution < -0.4 is 31.3 Å². The summed E-state index contributed by atoms with van der Waals surface area (Å²) in [5.74, 6) is -6.35. The van der Waals surface area contributed by atoms with Gasteiger partial charge in [-0.25, -0.2) is 4.39 Å². The predicted molar refractivity (Wildman–Crippen MR) is 272 cm³/mol. The van der Waals surface area contributed by atoms with Gasteiger partial charge in [0.2, 0.25) is 17.7 Å². The van der Waals surface area contributed by atoms with Crippen molar-refractivity contribution in [1.82, 2.24) is 30.8 Å². The molecule has 2 aromatic heterocycles. The Morgan fingerprint density at radius 3 is 2.25 bits per heavy atom. The second kappa shape index (κ2) is 25.3. The summed E-state index contributed by atoms with van der Waals surface area (Å²) >= 11 is 0. The summed E-state index contributed by atoms with van der Waals surface area (Å²) in [6.45, 7) is 3.04. The monoisotopic (exact) mass is 1080 g/mol. The molecule has 18 nitrogen and oxygen atoms in total. The summed E-state index contributed by atoms with van der Waals surface area (Å²) in [7, 11) is 1.81. The SMILES string of the molecule is C[C@H]1[C@@H](c2ccc(F)cc2OC2CC2)[C@H](C(=O)N(CCNC(=O)C2CCC(NC(=O)CCCOC3CCC(OCCNC(=O)[C@H]4CC(O)N(C)[C@@H]4c4cccnc4)CC3)CC2)c2ccnc(C(N)=O)c2)O[C@@]1(C)C(F)(F)F. The molecule has 8 rings (SSSR count). The minimum absolute atomic E-state index is 0.0265. The van der Waals surface area contributed by atoms with Crippen molar-refractivity contribution < 1.29 is 65.6 Å². The normalized spacial score (nSPS) is 28.6. The van der Waals surface area contributed by atoms with Gasteiger partial charge in [0.1, 0.15) is 29.6 Å². The quantitative estimate of drug-likeness (QED) is 0.0594. The van der Waals surface area contributed by atoms with Gasteiger partial charge in [-0.3, -0.25) is 38.8 Å². The number of aromatic nitrogens is 2. The lowest BCUT2D eigenvalue weighted by Gasteiger charge is -2.32. The summed E-state index contributed by atoms with van der Waals surface area (Å²) < 4.78 is 83.2. The molecule has 2 saturated heterocycles. The first-order valence-corrected chi connectivity index (χ1v) is 27.0. The lowest BCUT2D eigenvalue weighted by atomic mass is 9.77. The van der Waals surface area contributed by atoms with E-state index in [-0.39, 0.29) is 90.3 Å². The van der Waals surface area contributed by atoms with Gasteiger partial charge in [-0.2, -0.15) is 13.2 Å². The largest absolute Gasteiger partial charge is 0.490 e. The number of nitrogens with one attached hydrogen (secondary N) is 3. The molecule has 3 aromatic rings. The van der Waals surface area contributed by atoms with Crippen LogP contribution in [-0.4, -0.2) is 138 Å². The minimum atomic E-state index is -4.92. The van der Waals surface area contributed by atoms with Gasteiger partial charge in [-0.05, 0) is 114 Å². The Hall–Kier alpha value is -5.81. The van der Waals surface area contributed by atoms with Crippen LogP contribution in [0, 0.1) is 23.6 Å². The van der Waals surface area contributed by atoms with E-state index in [2.05, 4.69) is 25.9 Å². The van der Waals surface area contributed by atoms with Gasteiger partial charge in [0.25, 0.3) is 11.8 Å². The van der Waals surface area contributed by atoms with E-state index in [1.54, 1.807) is 24.3 Å². The van der Waals surface area contributed by atoms with E-state index < -0.39 is 65.4 Å². The van der Waals surface area contributed by atoms with Crippen LogP contribution in [0.4, 0.5) is 23.2 Å². The maximum Gasteiger partial charge on any atom is 0.417 e. The second-order valence-corrected chi connectivity index (χ2v) is 21.4. The van der Waals surface area contributed by atoms with Gasteiger partial charge in [-0.15, -0.1) is 0 Å². The minimum Gasteiger partial charge on any atom is -0.490 e. The number of aliphatic hydroxyl groups excluding tert-OH is 1. The zero-order chi connectivity index (χ0) is 55.0. The first-order chi connectivity index (χ1) is 36.8. The highest BCUT2D eigenvalue weighted by molar-refractivity contribution is 5.99. The topological polar surface area (TPSA) is 237 Å². The molecule has 2 aliphatic heterocycles. The molecule has 3 saturated carbocycles. The number of rotatable bonds is 22. The van der Waals surface area contributed by atoms with Gasteiger partial charge in [0.05, 0.1) is 36.9 Å². The van der Waals surface area contributed by atoms with Gasteiger partial charge in [0.15, 0.2) is 5.60 Å². The van der Waals surface area contributed by atoms with Crippen molar-refractivity contribution >= 4 is 35.2 Å². The Morgan fingerprint density at radius 2 is 1.58 bits per heavy atom. The Balaban J connectivity index is 0.751. The fourth-order valence-corrected chi connectivity index (χ4v) is 11.4. The number of primary amides is 1. The molecule has 5 amide bonds. The Kier molecular flexibility index (Phi) is 18.9. The molecule has 0 bridgehead atoms. The fourth-order valence-electron chi connectivity index (χ4n) is 11.4. The van der Waals surface area contributed by atoms with Crippen LogP contribution in [-0.2, 0) is 33.4 Å². The number of pyridine rings is 2. The number of anilines is 1. The Labute approximate surface area is 445 Å². The number of ether oxygens (including phenoxy) is 4. The van der Waals surface area contributed by atoms with Gasteiger partial charge >= 0.3 is 6.18 Å². The highest BCUT2D eigenvalue weighted by atomic mass is 19.4. The van der Waals surface area contributed by atoms with Gasteiger partial charge < -0.3 is 50.6 Å². The summed E-state index contributed by atoms with van der Waals surface area (Å²) in [6, 6.07) is 9.51. The third-order valence-electron chi connectivity index (χ3n) is 16.1. The molecule has 1 unspecified atom stereocenters. The molecule has 22 heteroatoms. The molecule has 5 aliphatic rings. The number of carbonyl (C=O) groups excluding carboxylic acids is 5. The van der Waals surface area contributed by atoms with Crippen LogP contribution >= 0.6 is 0 Å². The molecule has 3 aliphatic carbocycles. The number of carbonyl (C=O) groups is 5. The predicted octanol–water partition coefficient (Wildman–Crippen LogP) is 5.77. The standard InChI is InChI=1S/C55H72F4N8O10/c1-32-47(41-19-10-35(56)28-44(41)76-40-17-18-40)49(77-54(32,2)55(57,58)59)53(73)67(37-20-22-62-43(29-37)50(60)70)25-23-63-51(71)33-8-11-36(12-9-33)65-45(68)7-5-26-74-38-13-15-39(16-14-38)75-27-24-64-52(72)42-30-46(69)66(3)48(42)34-6-4-21-61-31-34/h4,6,10,19-22,28-29,31-33,36,38-40,42,46-49,69H,5,7-9,11-18,23-27,30H2,1-3H3,(H2,60,70)(H,63,71)(H,64,72)(H,65,68)/t32-,33?,36?,38?,39?,42-,46?,47-,48+,49+,54+/m0/s1. The zero-order valence-electron chi connectivity index (χ0n) is 43.9. The molecular weight excluding hydrogens is 1010 g/mol. The lowest BCUT2D eigenvalue weighted by molar-refractivity contribution is -0.272. The van der Waals surface area contributed by atoms with Crippen LogP contribution in [0.1, 0.15) is 131 Å². The number of hydrogen-bond acceptors (Lipinski definition) is 13. The van der Waals surface area contributed by atoms with Crippen molar-refractivity contribution in [2.24, 2.45) is 23.5 Å². The maximum atomic E-state index is 14.9. The maximum absolute atomic E-state index is 14.9.